The van der Waals surface area contributed by atoms with Crippen molar-refractivity contribution in [2.75, 3.05) is 0 Å². The van der Waals surface area contributed by atoms with Crippen LogP contribution in [0.25, 0.3) is 0 Å². The van der Waals surface area contributed by atoms with E-state index in [9.17, 15) is 14.4 Å². The molecule has 2 fully saturated rings. The van der Waals surface area contributed by atoms with Crippen molar-refractivity contribution in [2.45, 2.75) is 57.7 Å². The Morgan fingerprint density at radius 3 is 2.57 bits per heavy atom. The summed E-state index contributed by atoms with van der Waals surface area (Å²) in [6.45, 7) is 1.89. The van der Waals surface area contributed by atoms with Crippen LogP contribution in [0.4, 0.5) is 0 Å². The van der Waals surface area contributed by atoms with Crippen LogP contribution in [-0.4, -0.2) is 35.0 Å². The molecule has 1 saturated heterocycles. The van der Waals surface area contributed by atoms with Gasteiger partial charge in [-0.05, 0) is 38.7 Å². The van der Waals surface area contributed by atoms with E-state index in [4.69, 9.17) is 14.6 Å². The van der Waals surface area contributed by atoms with E-state index in [-0.39, 0.29) is 29.8 Å². The number of rotatable bonds is 4. The van der Waals surface area contributed by atoms with Crippen LogP contribution in [0.5, 0.6) is 0 Å². The van der Waals surface area contributed by atoms with Gasteiger partial charge in [0.1, 0.15) is 17.6 Å². The fraction of sp³-hybridized carbons (Fsp3) is 0.500. The van der Waals surface area contributed by atoms with Crippen LogP contribution < -0.4 is 0 Å². The predicted molar refractivity (Wildman–Crippen MR) is 102 cm³/mol. The van der Waals surface area contributed by atoms with Crippen molar-refractivity contribution >= 4 is 17.7 Å². The Balaban J connectivity index is 1.88. The number of cyclic esters (lactones) is 1. The van der Waals surface area contributed by atoms with Gasteiger partial charge in [-0.15, -0.1) is 0 Å². The average molecular weight is 386 g/mol. The zero-order chi connectivity index (χ0) is 20.1. The first kappa shape index (κ1) is 20.1. The molecule has 1 saturated carbocycles. The zero-order valence-corrected chi connectivity index (χ0v) is 16.0. The molecule has 0 radical (unpaired) electrons. The first-order valence-corrected chi connectivity index (χ1v) is 9.86. The van der Waals surface area contributed by atoms with Crippen LogP contribution in [0.15, 0.2) is 47.8 Å². The summed E-state index contributed by atoms with van der Waals surface area (Å²) in [5, 5.41) is 8.58. The van der Waals surface area contributed by atoms with Crippen molar-refractivity contribution in [3.05, 3.63) is 47.8 Å². The molecular weight excluding hydrogens is 360 g/mol. The lowest BCUT2D eigenvalue weighted by atomic mass is 9.71. The highest BCUT2D eigenvalue weighted by atomic mass is 16.5. The number of esters is 1. The maximum absolute atomic E-state index is 12.9. The third kappa shape index (κ3) is 4.61. The third-order valence-corrected chi connectivity index (χ3v) is 5.52. The maximum Gasteiger partial charge on any atom is 0.338 e. The lowest BCUT2D eigenvalue weighted by Gasteiger charge is -2.33. The van der Waals surface area contributed by atoms with Gasteiger partial charge in [-0.2, -0.15) is 0 Å². The van der Waals surface area contributed by atoms with Gasteiger partial charge >= 0.3 is 11.9 Å². The number of ether oxygens (including phenoxy) is 2. The molecule has 0 spiro atoms. The van der Waals surface area contributed by atoms with Gasteiger partial charge in [-0.25, -0.2) is 9.59 Å². The van der Waals surface area contributed by atoms with Gasteiger partial charge in [0.25, 0.3) is 0 Å². The first-order chi connectivity index (χ1) is 13.5. The SMILES string of the molecule is CC1CCCC[C@H]2C(=O)CC[C@@H]3OC(/C=C/C=C/C=C/C(=O)O)=C(C(=O)O1)[C@@H]32. The highest BCUT2D eigenvalue weighted by molar-refractivity contribution is 5.93. The molecule has 0 aromatic carbocycles. The normalized spacial score (nSPS) is 31.3. The van der Waals surface area contributed by atoms with E-state index in [1.54, 1.807) is 24.3 Å². The molecule has 150 valence electrons. The van der Waals surface area contributed by atoms with E-state index in [0.29, 0.717) is 24.2 Å². The fourth-order valence-electron chi connectivity index (χ4n) is 4.24. The van der Waals surface area contributed by atoms with Gasteiger partial charge in [0, 0.05) is 24.3 Å². The van der Waals surface area contributed by atoms with E-state index in [1.807, 2.05) is 6.92 Å². The summed E-state index contributed by atoms with van der Waals surface area (Å²) >= 11 is 0. The standard InChI is InChI=1S/C22H26O6/c1-14-8-6-7-9-15-16(23)12-13-18-20(15)21(22(26)27-14)17(28-18)10-4-2-3-5-11-19(24)25/h2-5,10-11,14-15,18,20H,6-9,12-13H2,1H3,(H,24,25)/b3-2+,10-4+,11-5+/t14?,15-,18-,20+/m0/s1. The quantitative estimate of drug-likeness (QED) is 0.452. The van der Waals surface area contributed by atoms with E-state index < -0.39 is 11.9 Å². The molecule has 0 bridgehead atoms. The minimum absolute atomic E-state index is 0.166. The summed E-state index contributed by atoms with van der Waals surface area (Å²) in [6.07, 6.45) is 13.3. The molecule has 2 heterocycles. The largest absolute Gasteiger partial charge is 0.489 e. The van der Waals surface area contributed by atoms with Gasteiger partial charge in [0.2, 0.25) is 0 Å². The van der Waals surface area contributed by atoms with Crippen LogP contribution in [0.1, 0.15) is 45.4 Å². The van der Waals surface area contributed by atoms with Crippen molar-refractivity contribution in [3.8, 4) is 0 Å². The summed E-state index contributed by atoms with van der Waals surface area (Å²) in [6, 6.07) is 0. The van der Waals surface area contributed by atoms with Gasteiger partial charge in [0.15, 0.2) is 0 Å². The molecule has 1 N–H and O–H groups in total. The Bertz CT molecular complexity index is 757. The zero-order valence-electron chi connectivity index (χ0n) is 16.0. The van der Waals surface area contributed by atoms with Crippen LogP contribution in [0.2, 0.25) is 0 Å². The van der Waals surface area contributed by atoms with Crippen LogP contribution >= 0.6 is 0 Å². The number of carbonyl (C=O) groups is 3. The molecular formula is C22H26O6. The average Bonchev–Trinajstić information content (AvgIpc) is 3.01. The molecule has 6 nitrogen and oxygen atoms in total. The summed E-state index contributed by atoms with van der Waals surface area (Å²) in [4.78, 5) is 35.9. The number of hydrogen-bond donors (Lipinski definition) is 1. The molecule has 0 aromatic heterocycles. The summed E-state index contributed by atoms with van der Waals surface area (Å²) < 4.78 is 11.7. The van der Waals surface area contributed by atoms with Crippen molar-refractivity contribution in [1.29, 1.82) is 0 Å². The molecule has 4 atom stereocenters. The Labute approximate surface area is 164 Å². The Morgan fingerprint density at radius 1 is 1.04 bits per heavy atom. The van der Waals surface area contributed by atoms with Gasteiger partial charge in [-0.1, -0.05) is 30.7 Å². The second kappa shape index (κ2) is 9.04. The lowest BCUT2D eigenvalue weighted by Crippen LogP contribution is -2.39. The Morgan fingerprint density at radius 2 is 1.79 bits per heavy atom. The Kier molecular flexibility index (Phi) is 6.49. The van der Waals surface area contributed by atoms with E-state index in [0.717, 1.165) is 31.8 Å². The molecule has 3 rings (SSSR count). The highest BCUT2D eigenvalue weighted by Crippen LogP contribution is 2.45. The second-order valence-electron chi connectivity index (χ2n) is 7.51. The molecule has 28 heavy (non-hydrogen) atoms. The smallest absolute Gasteiger partial charge is 0.338 e. The minimum atomic E-state index is -1.02. The lowest BCUT2D eigenvalue weighted by molar-refractivity contribution is -0.145. The van der Waals surface area contributed by atoms with E-state index >= 15 is 0 Å². The van der Waals surface area contributed by atoms with Crippen molar-refractivity contribution in [3.63, 3.8) is 0 Å². The van der Waals surface area contributed by atoms with Gasteiger partial charge < -0.3 is 14.6 Å². The minimum Gasteiger partial charge on any atom is -0.489 e. The monoisotopic (exact) mass is 386 g/mol. The van der Waals surface area contributed by atoms with Gasteiger partial charge in [0.05, 0.1) is 11.7 Å². The molecule has 2 aliphatic heterocycles. The number of Topliss-reactive ketones (excluding diaryl/α,β-unsaturated/α-hetero) is 1. The maximum atomic E-state index is 12.9. The van der Waals surface area contributed by atoms with Crippen molar-refractivity contribution < 1.29 is 29.0 Å². The number of hydrogen-bond acceptors (Lipinski definition) is 5. The molecule has 0 amide bonds. The topological polar surface area (TPSA) is 89.9 Å². The Hall–Kier alpha value is -2.63. The van der Waals surface area contributed by atoms with E-state index in [1.165, 1.54) is 6.08 Å². The number of carboxylic acid groups (broad SMARTS) is 1. The summed E-state index contributed by atoms with van der Waals surface area (Å²) in [5.41, 5.74) is 0.475. The number of allylic oxidation sites excluding steroid dienone is 5. The van der Waals surface area contributed by atoms with Crippen LogP contribution in [0, 0.1) is 11.8 Å². The third-order valence-electron chi connectivity index (χ3n) is 5.52. The molecule has 3 aliphatic rings. The first-order valence-electron chi connectivity index (χ1n) is 9.86. The molecule has 6 heteroatoms. The van der Waals surface area contributed by atoms with Gasteiger partial charge in [-0.3, -0.25) is 4.79 Å². The second-order valence-corrected chi connectivity index (χ2v) is 7.51. The summed E-state index contributed by atoms with van der Waals surface area (Å²) in [5.74, 6) is -1.16. The van der Waals surface area contributed by atoms with Crippen molar-refractivity contribution in [1.82, 2.24) is 0 Å². The molecule has 0 aromatic rings. The molecule has 1 aliphatic carbocycles. The van der Waals surface area contributed by atoms with Crippen LogP contribution in [-0.2, 0) is 23.9 Å². The molecule has 1 unspecified atom stereocenters. The highest BCUT2D eigenvalue weighted by Gasteiger charge is 2.49. The predicted octanol–water partition coefficient (Wildman–Crippen LogP) is 3.49. The summed E-state index contributed by atoms with van der Waals surface area (Å²) in [7, 11) is 0. The number of carbonyl (C=O) groups excluding carboxylic acids is 2. The van der Waals surface area contributed by atoms with Crippen molar-refractivity contribution in [2.24, 2.45) is 11.8 Å². The van der Waals surface area contributed by atoms with E-state index in [2.05, 4.69) is 0 Å². The number of ketones is 1. The number of carboxylic acids is 1. The fourth-order valence-corrected chi connectivity index (χ4v) is 4.24. The van der Waals surface area contributed by atoms with Crippen LogP contribution in [0.3, 0.4) is 0 Å². The number of aliphatic carboxylic acids is 1.